The van der Waals surface area contributed by atoms with E-state index in [0.717, 1.165) is 16.3 Å². The normalized spacial score (nSPS) is 15.6. The highest BCUT2D eigenvalue weighted by atomic mass is 16.6. The molecule has 0 saturated carbocycles. The Balaban J connectivity index is 1.69. The van der Waals surface area contributed by atoms with Crippen molar-refractivity contribution in [3.63, 3.8) is 0 Å². The smallest absolute Gasteiger partial charge is 0.340 e. The van der Waals surface area contributed by atoms with Gasteiger partial charge in [-0.3, -0.25) is 4.79 Å². The van der Waals surface area contributed by atoms with Gasteiger partial charge in [-0.05, 0) is 34.0 Å². The van der Waals surface area contributed by atoms with Crippen molar-refractivity contribution >= 4 is 23.0 Å². The minimum Gasteiger partial charge on any atom is -0.492 e. The van der Waals surface area contributed by atoms with Crippen molar-refractivity contribution in [1.29, 1.82) is 0 Å². The van der Waals surface area contributed by atoms with Gasteiger partial charge in [-0.1, -0.05) is 36.4 Å². The van der Waals surface area contributed by atoms with Crippen molar-refractivity contribution < 1.29 is 28.9 Å². The van der Waals surface area contributed by atoms with Crippen LogP contribution in [0.15, 0.2) is 48.5 Å². The zero-order valence-corrected chi connectivity index (χ0v) is 15.2. The number of esters is 1. The maximum Gasteiger partial charge on any atom is 0.340 e. The molecule has 1 aliphatic heterocycles. The number of rotatable bonds is 5. The van der Waals surface area contributed by atoms with Crippen LogP contribution in [-0.4, -0.2) is 30.8 Å². The average Bonchev–Trinajstić information content (AvgIpc) is 2.71. The van der Waals surface area contributed by atoms with E-state index in [1.54, 1.807) is 0 Å². The average molecular weight is 378 g/mol. The Morgan fingerprint density at radius 1 is 1.18 bits per heavy atom. The van der Waals surface area contributed by atoms with E-state index in [1.165, 1.54) is 13.2 Å². The summed E-state index contributed by atoms with van der Waals surface area (Å²) >= 11 is 0. The van der Waals surface area contributed by atoms with Crippen LogP contribution >= 0.6 is 0 Å². The van der Waals surface area contributed by atoms with Gasteiger partial charge in [0, 0.05) is 6.42 Å². The highest BCUT2D eigenvalue weighted by molar-refractivity contribution is 5.98. The largest absolute Gasteiger partial charge is 0.492 e. The van der Waals surface area contributed by atoms with Gasteiger partial charge in [0.1, 0.15) is 6.61 Å². The van der Waals surface area contributed by atoms with Crippen LogP contribution in [0.5, 0.6) is 11.5 Å². The van der Waals surface area contributed by atoms with Crippen LogP contribution in [0.1, 0.15) is 31.8 Å². The fourth-order valence-electron chi connectivity index (χ4n) is 3.44. The predicted molar refractivity (Wildman–Crippen MR) is 102 cm³/mol. The molecule has 0 aliphatic carbocycles. The van der Waals surface area contributed by atoms with Crippen LogP contribution in [0.4, 0.5) is 0 Å². The molecule has 0 radical (unpaired) electrons. The molecule has 1 atom stereocenters. The van der Waals surface area contributed by atoms with E-state index in [9.17, 15) is 14.7 Å². The molecule has 0 amide bonds. The molecule has 0 saturated heterocycles. The standard InChI is InChI=1S/C22H18O6/c1-26-21-18(11-23)16-10-20(24)28-22(25)17(16)9-19(21)27-12-13-6-7-14-4-2-3-5-15(14)8-13/h2-9,11,20,24H,10,12H2,1H3. The number of carbonyl (C=O) groups excluding carboxylic acids is 2. The third kappa shape index (κ3) is 3.18. The van der Waals surface area contributed by atoms with Gasteiger partial charge >= 0.3 is 5.97 Å². The summed E-state index contributed by atoms with van der Waals surface area (Å²) in [6, 6.07) is 15.5. The van der Waals surface area contributed by atoms with Gasteiger partial charge in [0.15, 0.2) is 17.8 Å². The number of hydrogen-bond donors (Lipinski definition) is 1. The fourth-order valence-corrected chi connectivity index (χ4v) is 3.44. The van der Waals surface area contributed by atoms with Crippen LogP contribution in [-0.2, 0) is 17.8 Å². The number of cyclic esters (lactones) is 1. The van der Waals surface area contributed by atoms with Crippen LogP contribution in [0, 0.1) is 0 Å². The van der Waals surface area contributed by atoms with E-state index in [2.05, 4.69) is 0 Å². The number of aliphatic hydroxyl groups is 1. The second-order valence-corrected chi connectivity index (χ2v) is 6.50. The summed E-state index contributed by atoms with van der Waals surface area (Å²) in [6.07, 6.45) is -0.657. The highest BCUT2D eigenvalue weighted by Crippen LogP contribution is 2.38. The van der Waals surface area contributed by atoms with Gasteiger partial charge in [0.2, 0.25) is 6.29 Å². The van der Waals surface area contributed by atoms with Crippen molar-refractivity contribution in [2.24, 2.45) is 0 Å². The first-order valence-corrected chi connectivity index (χ1v) is 8.79. The summed E-state index contributed by atoms with van der Waals surface area (Å²) in [7, 11) is 1.43. The van der Waals surface area contributed by atoms with E-state index in [-0.39, 0.29) is 35.7 Å². The summed E-state index contributed by atoms with van der Waals surface area (Å²) in [4.78, 5) is 23.8. The molecule has 1 aliphatic rings. The van der Waals surface area contributed by atoms with E-state index < -0.39 is 12.3 Å². The van der Waals surface area contributed by atoms with Gasteiger partial charge in [-0.2, -0.15) is 0 Å². The Morgan fingerprint density at radius 2 is 1.96 bits per heavy atom. The number of ether oxygens (including phenoxy) is 3. The summed E-state index contributed by atoms with van der Waals surface area (Å²) in [5, 5.41) is 11.9. The molecule has 0 aromatic heterocycles. The van der Waals surface area contributed by atoms with Gasteiger partial charge in [0.05, 0.1) is 18.2 Å². The molecule has 6 heteroatoms. The lowest BCUT2D eigenvalue weighted by molar-refractivity contribution is -0.0688. The summed E-state index contributed by atoms with van der Waals surface area (Å²) < 4.78 is 16.1. The summed E-state index contributed by atoms with van der Waals surface area (Å²) in [6.45, 7) is 0.232. The molecule has 3 aromatic carbocycles. The zero-order chi connectivity index (χ0) is 19.7. The first-order chi connectivity index (χ1) is 13.6. The van der Waals surface area contributed by atoms with E-state index in [0.29, 0.717) is 11.8 Å². The molecule has 4 rings (SSSR count). The lowest BCUT2D eigenvalue weighted by Crippen LogP contribution is -2.28. The van der Waals surface area contributed by atoms with Gasteiger partial charge in [-0.15, -0.1) is 0 Å². The number of aliphatic hydroxyl groups excluding tert-OH is 1. The lowest BCUT2D eigenvalue weighted by atomic mass is 9.95. The number of methoxy groups -OCH3 is 1. The second-order valence-electron chi connectivity index (χ2n) is 6.50. The van der Waals surface area contributed by atoms with Gasteiger partial charge < -0.3 is 19.3 Å². The SMILES string of the molecule is COc1c(OCc2ccc3ccccc3c2)cc2c(c1C=O)CC(O)OC2=O. The van der Waals surface area contributed by atoms with Crippen LogP contribution in [0.2, 0.25) is 0 Å². The molecular formula is C22H18O6. The quantitative estimate of drug-likeness (QED) is 0.542. The molecular weight excluding hydrogens is 360 g/mol. The first kappa shape index (κ1) is 18.0. The molecule has 1 heterocycles. The van der Waals surface area contributed by atoms with E-state index in [4.69, 9.17) is 14.2 Å². The topological polar surface area (TPSA) is 82.1 Å². The predicted octanol–water partition coefficient (Wildman–Crippen LogP) is 3.27. The fraction of sp³-hybridized carbons (Fsp3) is 0.182. The summed E-state index contributed by atoms with van der Waals surface area (Å²) in [5.41, 5.74) is 1.71. The van der Waals surface area contributed by atoms with Crippen LogP contribution in [0.25, 0.3) is 10.8 Å². The number of fused-ring (bicyclic) bond motifs is 2. The van der Waals surface area contributed by atoms with Crippen molar-refractivity contribution in [3.8, 4) is 11.5 Å². The minimum absolute atomic E-state index is 0.0243. The third-order valence-corrected chi connectivity index (χ3v) is 4.77. The minimum atomic E-state index is -1.28. The monoisotopic (exact) mass is 378 g/mol. The van der Waals surface area contributed by atoms with Crippen molar-refractivity contribution in [2.45, 2.75) is 19.3 Å². The molecule has 1 unspecified atom stereocenters. The third-order valence-electron chi connectivity index (χ3n) is 4.77. The van der Waals surface area contributed by atoms with Crippen molar-refractivity contribution in [1.82, 2.24) is 0 Å². The Bertz CT molecular complexity index is 1070. The number of hydrogen-bond acceptors (Lipinski definition) is 6. The Morgan fingerprint density at radius 3 is 2.71 bits per heavy atom. The number of aldehydes is 1. The van der Waals surface area contributed by atoms with E-state index in [1.807, 2.05) is 42.5 Å². The second kappa shape index (κ2) is 7.32. The highest BCUT2D eigenvalue weighted by Gasteiger charge is 2.31. The summed E-state index contributed by atoms with van der Waals surface area (Å²) in [5.74, 6) is -0.198. The Kier molecular flexibility index (Phi) is 4.71. The number of benzene rings is 3. The van der Waals surface area contributed by atoms with Crippen LogP contribution < -0.4 is 9.47 Å². The van der Waals surface area contributed by atoms with Gasteiger partial charge in [0.25, 0.3) is 0 Å². The van der Waals surface area contributed by atoms with Crippen molar-refractivity contribution in [3.05, 3.63) is 70.8 Å². The van der Waals surface area contributed by atoms with Gasteiger partial charge in [-0.25, -0.2) is 4.79 Å². The molecule has 0 bridgehead atoms. The number of carbonyl (C=O) groups is 2. The molecule has 3 aromatic rings. The molecule has 142 valence electrons. The molecule has 28 heavy (non-hydrogen) atoms. The maximum absolute atomic E-state index is 12.1. The van der Waals surface area contributed by atoms with Crippen molar-refractivity contribution in [2.75, 3.05) is 7.11 Å². The van der Waals surface area contributed by atoms with E-state index >= 15 is 0 Å². The van der Waals surface area contributed by atoms with Crippen LogP contribution in [0.3, 0.4) is 0 Å². The first-order valence-electron chi connectivity index (χ1n) is 8.79. The molecule has 1 N–H and O–H groups in total. The molecule has 0 spiro atoms. The Labute approximate surface area is 161 Å². The zero-order valence-electron chi connectivity index (χ0n) is 15.2. The maximum atomic E-state index is 12.1. The molecule has 6 nitrogen and oxygen atoms in total. The Hall–Kier alpha value is -3.38. The molecule has 0 fully saturated rings. The lowest BCUT2D eigenvalue weighted by Gasteiger charge is -2.24.